The van der Waals surface area contributed by atoms with Gasteiger partial charge in [0.15, 0.2) is 0 Å². The highest BCUT2D eigenvalue weighted by Crippen LogP contribution is 2.26. The lowest BCUT2D eigenvalue weighted by Crippen LogP contribution is -2.40. The van der Waals surface area contributed by atoms with Gasteiger partial charge >= 0.3 is 0 Å². The molecule has 0 atom stereocenters. The highest BCUT2D eigenvalue weighted by atomic mass is 16.2. The van der Waals surface area contributed by atoms with Gasteiger partial charge in [-0.25, -0.2) is 4.98 Å². The molecule has 152 valence electrons. The summed E-state index contributed by atoms with van der Waals surface area (Å²) >= 11 is 0. The lowest BCUT2D eigenvalue weighted by molar-refractivity contribution is 0.0918. The van der Waals surface area contributed by atoms with Crippen LogP contribution >= 0.6 is 0 Å². The van der Waals surface area contributed by atoms with Crippen LogP contribution in [0.3, 0.4) is 0 Å². The predicted octanol–water partition coefficient (Wildman–Crippen LogP) is 3.19. The lowest BCUT2D eigenvalue weighted by Gasteiger charge is -2.30. The Morgan fingerprint density at radius 2 is 1.76 bits per heavy atom. The number of aromatic nitrogens is 3. The summed E-state index contributed by atoms with van der Waals surface area (Å²) in [6.45, 7) is 0. The molecule has 7 nitrogen and oxygen atoms in total. The molecule has 1 fully saturated rings. The fourth-order valence-corrected chi connectivity index (χ4v) is 3.99. The molecule has 3 aromatic rings. The third kappa shape index (κ3) is 4.18. The van der Waals surface area contributed by atoms with Crippen LogP contribution in [-0.2, 0) is 7.05 Å². The zero-order valence-electron chi connectivity index (χ0n) is 17.2. The van der Waals surface area contributed by atoms with Crippen LogP contribution < -0.4 is 15.5 Å². The van der Waals surface area contributed by atoms with E-state index in [-0.39, 0.29) is 11.9 Å². The normalized spacial score (nSPS) is 19.1. The SMILES string of the molecule is CN(C)c1nc(NC2CCC(NC(=O)c3cccn3C)CC2)nc2ccccc12. The van der Waals surface area contributed by atoms with E-state index in [1.165, 1.54) is 0 Å². The molecular weight excluding hydrogens is 364 g/mol. The van der Waals surface area contributed by atoms with Gasteiger partial charge in [0.1, 0.15) is 11.5 Å². The zero-order valence-corrected chi connectivity index (χ0v) is 17.2. The number of aryl methyl sites for hydroxylation is 1. The van der Waals surface area contributed by atoms with Gasteiger partial charge in [0.25, 0.3) is 5.91 Å². The van der Waals surface area contributed by atoms with Crippen molar-refractivity contribution >= 4 is 28.6 Å². The van der Waals surface area contributed by atoms with E-state index in [1.807, 2.05) is 67.1 Å². The fraction of sp³-hybridized carbons (Fsp3) is 0.409. The summed E-state index contributed by atoms with van der Waals surface area (Å²) < 4.78 is 1.85. The van der Waals surface area contributed by atoms with Gasteiger partial charge in [-0.3, -0.25) is 4.79 Å². The van der Waals surface area contributed by atoms with Crippen LogP contribution in [0.4, 0.5) is 11.8 Å². The Balaban J connectivity index is 1.38. The van der Waals surface area contributed by atoms with E-state index in [4.69, 9.17) is 9.97 Å². The number of amides is 1. The van der Waals surface area contributed by atoms with Gasteiger partial charge in [0, 0.05) is 44.8 Å². The summed E-state index contributed by atoms with van der Waals surface area (Å²) in [5, 5.41) is 7.73. The first-order chi connectivity index (χ1) is 14.0. The Kier molecular flexibility index (Phi) is 5.38. The van der Waals surface area contributed by atoms with Crippen molar-refractivity contribution in [3.63, 3.8) is 0 Å². The van der Waals surface area contributed by atoms with Crippen molar-refractivity contribution in [3.8, 4) is 0 Å². The zero-order chi connectivity index (χ0) is 20.4. The van der Waals surface area contributed by atoms with E-state index in [9.17, 15) is 4.79 Å². The molecule has 1 aliphatic rings. The molecule has 29 heavy (non-hydrogen) atoms. The highest BCUT2D eigenvalue weighted by molar-refractivity contribution is 5.93. The summed E-state index contributed by atoms with van der Waals surface area (Å²) in [4.78, 5) is 23.9. The topological polar surface area (TPSA) is 75.1 Å². The number of fused-ring (bicyclic) bond motifs is 1. The number of anilines is 2. The number of benzene rings is 1. The summed E-state index contributed by atoms with van der Waals surface area (Å²) in [5.74, 6) is 1.59. The van der Waals surface area contributed by atoms with Crippen molar-refractivity contribution in [3.05, 3.63) is 48.3 Å². The largest absolute Gasteiger partial charge is 0.362 e. The number of hydrogen-bond acceptors (Lipinski definition) is 5. The molecule has 0 aliphatic heterocycles. The second-order valence-electron chi connectivity index (χ2n) is 7.95. The first-order valence-electron chi connectivity index (χ1n) is 10.1. The lowest BCUT2D eigenvalue weighted by atomic mass is 9.91. The molecule has 2 N–H and O–H groups in total. The van der Waals surface area contributed by atoms with Gasteiger partial charge in [-0.1, -0.05) is 12.1 Å². The molecule has 0 spiro atoms. The minimum atomic E-state index is 0.00222. The van der Waals surface area contributed by atoms with Crippen LogP contribution in [0.25, 0.3) is 10.9 Å². The van der Waals surface area contributed by atoms with Gasteiger partial charge < -0.3 is 20.1 Å². The van der Waals surface area contributed by atoms with Crippen molar-refractivity contribution in [2.24, 2.45) is 7.05 Å². The van der Waals surface area contributed by atoms with Gasteiger partial charge in [0.2, 0.25) is 5.95 Å². The molecule has 1 aliphatic carbocycles. The monoisotopic (exact) mass is 392 g/mol. The van der Waals surface area contributed by atoms with Crippen LogP contribution in [-0.4, -0.2) is 46.6 Å². The Morgan fingerprint density at radius 1 is 1.03 bits per heavy atom. The van der Waals surface area contributed by atoms with E-state index < -0.39 is 0 Å². The summed E-state index contributed by atoms with van der Waals surface area (Å²) in [6, 6.07) is 12.3. The van der Waals surface area contributed by atoms with Gasteiger partial charge in [-0.05, 0) is 49.9 Å². The van der Waals surface area contributed by atoms with Crippen LogP contribution in [0.1, 0.15) is 36.2 Å². The van der Waals surface area contributed by atoms with Crippen molar-refractivity contribution < 1.29 is 4.79 Å². The predicted molar refractivity (Wildman–Crippen MR) is 116 cm³/mol. The number of carbonyl (C=O) groups excluding carboxylic acids is 1. The van der Waals surface area contributed by atoms with Crippen molar-refractivity contribution in [1.29, 1.82) is 0 Å². The van der Waals surface area contributed by atoms with Crippen molar-refractivity contribution in [2.45, 2.75) is 37.8 Å². The Bertz CT molecular complexity index is 1000. The molecule has 0 radical (unpaired) electrons. The smallest absolute Gasteiger partial charge is 0.268 e. The molecule has 7 heteroatoms. The maximum atomic E-state index is 12.4. The Hall–Kier alpha value is -3.09. The summed E-state index contributed by atoms with van der Waals surface area (Å²) in [7, 11) is 5.89. The van der Waals surface area contributed by atoms with Crippen LogP contribution in [0, 0.1) is 0 Å². The number of nitrogens with one attached hydrogen (secondary N) is 2. The average molecular weight is 393 g/mol. The van der Waals surface area contributed by atoms with Crippen molar-refractivity contribution in [2.75, 3.05) is 24.3 Å². The van der Waals surface area contributed by atoms with E-state index >= 15 is 0 Å². The van der Waals surface area contributed by atoms with Crippen LogP contribution in [0.5, 0.6) is 0 Å². The number of hydrogen-bond donors (Lipinski definition) is 2. The quantitative estimate of drug-likeness (QED) is 0.698. The second kappa shape index (κ2) is 8.11. The molecule has 1 aromatic carbocycles. The summed E-state index contributed by atoms with van der Waals surface area (Å²) in [5.41, 5.74) is 1.64. The number of para-hydroxylation sites is 1. The molecule has 0 unspecified atom stereocenters. The van der Waals surface area contributed by atoms with Gasteiger partial charge in [-0.15, -0.1) is 0 Å². The van der Waals surface area contributed by atoms with Gasteiger partial charge in [0.05, 0.1) is 5.52 Å². The first-order valence-corrected chi connectivity index (χ1v) is 10.1. The molecule has 4 rings (SSSR count). The van der Waals surface area contributed by atoms with E-state index in [0.717, 1.165) is 42.4 Å². The Morgan fingerprint density at radius 3 is 2.45 bits per heavy atom. The van der Waals surface area contributed by atoms with Crippen LogP contribution in [0.2, 0.25) is 0 Å². The molecule has 2 heterocycles. The molecule has 1 saturated carbocycles. The molecule has 0 saturated heterocycles. The third-order valence-electron chi connectivity index (χ3n) is 5.58. The second-order valence-corrected chi connectivity index (χ2v) is 7.95. The van der Waals surface area contributed by atoms with E-state index in [2.05, 4.69) is 16.7 Å². The number of rotatable bonds is 5. The first kappa shape index (κ1) is 19.2. The van der Waals surface area contributed by atoms with E-state index in [1.54, 1.807) is 0 Å². The third-order valence-corrected chi connectivity index (χ3v) is 5.58. The van der Waals surface area contributed by atoms with Crippen molar-refractivity contribution in [1.82, 2.24) is 19.9 Å². The standard InChI is InChI=1S/C22H28N6O/c1-27(2)20-17-7-4-5-8-18(17)25-22(26-20)24-16-12-10-15(11-13-16)23-21(29)19-9-6-14-28(19)3/h4-9,14-16H,10-13H2,1-3H3,(H,23,29)(H,24,25,26). The minimum Gasteiger partial charge on any atom is -0.362 e. The fourth-order valence-electron chi connectivity index (χ4n) is 3.99. The average Bonchev–Trinajstić information content (AvgIpc) is 3.15. The summed E-state index contributed by atoms with van der Waals surface area (Å²) in [6.07, 6.45) is 5.74. The number of carbonyl (C=O) groups is 1. The molecule has 0 bridgehead atoms. The highest BCUT2D eigenvalue weighted by Gasteiger charge is 2.24. The minimum absolute atomic E-state index is 0.00222. The maximum Gasteiger partial charge on any atom is 0.268 e. The Labute approximate surface area is 171 Å². The number of nitrogens with zero attached hydrogens (tertiary/aromatic N) is 4. The van der Waals surface area contributed by atoms with Crippen LogP contribution in [0.15, 0.2) is 42.6 Å². The van der Waals surface area contributed by atoms with E-state index in [0.29, 0.717) is 17.7 Å². The maximum absolute atomic E-state index is 12.4. The molecular formula is C22H28N6O. The molecule has 2 aromatic heterocycles. The van der Waals surface area contributed by atoms with Gasteiger partial charge in [-0.2, -0.15) is 4.98 Å². The molecule has 1 amide bonds.